The van der Waals surface area contributed by atoms with Crippen LogP contribution in [0.2, 0.25) is 0 Å². The summed E-state index contributed by atoms with van der Waals surface area (Å²) in [7, 11) is 0. The number of para-hydroxylation sites is 1. The molecule has 28 heavy (non-hydrogen) atoms. The first-order valence-corrected chi connectivity index (χ1v) is 9.28. The number of aryl methyl sites for hydroxylation is 1. The molecule has 1 saturated heterocycles. The van der Waals surface area contributed by atoms with Crippen molar-refractivity contribution in [1.29, 1.82) is 0 Å². The van der Waals surface area contributed by atoms with Gasteiger partial charge in [-0.3, -0.25) is 14.4 Å². The van der Waals surface area contributed by atoms with E-state index in [2.05, 4.69) is 15.3 Å². The second-order valence-corrected chi connectivity index (χ2v) is 6.77. The van der Waals surface area contributed by atoms with E-state index in [0.29, 0.717) is 35.3 Å². The van der Waals surface area contributed by atoms with Gasteiger partial charge in [-0.25, -0.2) is 4.98 Å². The molecular weight excluding hydrogens is 356 g/mol. The first kappa shape index (κ1) is 17.9. The Labute approximate surface area is 161 Å². The third-order valence-electron chi connectivity index (χ3n) is 4.79. The molecule has 2 heterocycles. The summed E-state index contributed by atoms with van der Waals surface area (Å²) in [5.74, 6) is 0.455. The number of H-pyrrole nitrogens is 1. The Morgan fingerprint density at radius 2 is 1.89 bits per heavy atom. The minimum absolute atomic E-state index is 0.133. The lowest BCUT2D eigenvalue weighted by Crippen LogP contribution is -2.23. The summed E-state index contributed by atoms with van der Waals surface area (Å²) in [5, 5.41) is 3.37. The minimum Gasteiger partial charge on any atom is -0.326 e. The highest BCUT2D eigenvalue weighted by molar-refractivity contribution is 5.96. The van der Waals surface area contributed by atoms with Gasteiger partial charge in [-0.2, -0.15) is 0 Å². The van der Waals surface area contributed by atoms with Crippen molar-refractivity contribution in [3.8, 4) is 0 Å². The van der Waals surface area contributed by atoms with Gasteiger partial charge in [0, 0.05) is 37.2 Å². The van der Waals surface area contributed by atoms with Crippen LogP contribution < -0.4 is 15.8 Å². The largest absolute Gasteiger partial charge is 0.326 e. The van der Waals surface area contributed by atoms with Crippen LogP contribution in [-0.4, -0.2) is 28.3 Å². The number of carbonyl (C=O) groups is 2. The predicted molar refractivity (Wildman–Crippen MR) is 107 cm³/mol. The summed E-state index contributed by atoms with van der Waals surface area (Å²) < 4.78 is 0. The van der Waals surface area contributed by atoms with Gasteiger partial charge in [-0.05, 0) is 42.8 Å². The highest BCUT2D eigenvalue weighted by Crippen LogP contribution is 2.23. The van der Waals surface area contributed by atoms with Crippen molar-refractivity contribution in [3.05, 3.63) is 64.7 Å². The van der Waals surface area contributed by atoms with Gasteiger partial charge in [0.15, 0.2) is 0 Å². The van der Waals surface area contributed by atoms with Crippen LogP contribution >= 0.6 is 0 Å². The molecule has 7 heteroatoms. The number of aromatic amines is 1. The van der Waals surface area contributed by atoms with E-state index in [4.69, 9.17) is 0 Å². The Bertz CT molecular complexity index is 1090. The number of benzene rings is 2. The van der Waals surface area contributed by atoms with Crippen LogP contribution in [0.15, 0.2) is 53.3 Å². The van der Waals surface area contributed by atoms with Crippen LogP contribution in [0.25, 0.3) is 10.9 Å². The molecular formula is C21H20N4O3. The molecule has 2 amide bonds. The smallest absolute Gasteiger partial charge is 0.258 e. The molecule has 0 radical (unpaired) electrons. The summed E-state index contributed by atoms with van der Waals surface area (Å²) in [6.45, 7) is 0.738. The number of nitrogens with zero attached hydrogens (tertiary/aromatic N) is 2. The standard InChI is InChI=1S/C21H20N4O3/c26-19(12-11-18-23-17-5-2-1-4-16(17)21(28)24-18)22-14-7-9-15(10-8-14)25-13-3-6-20(25)27/h1-2,4-5,7-10H,3,6,11-13H2,(H,22,26)(H,23,24,28). The second kappa shape index (κ2) is 7.64. The molecule has 4 rings (SSSR count). The number of carbonyl (C=O) groups excluding carboxylic acids is 2. The molecule has 1 aliphatic heterocycles. The second-order valence-electron chi connectivity index (χ2n) is 6.77. The SMILES string of the molecule is O=C(CCc1nc2ccccc2c(=O)[nH]1)Nc1ccc(N2CCCC2=O)cc1. The van der Waals surface area contributed by atoms with E-state index in [1.807, 2.05) is 18.2 Å². The number of nitrogens with one attached hydrogen (secondary N) is 2. The van der Waals surface area contributed by atoms with Crippen molar-refractivity contribution in [2.75, 3.05) is 16.8 Å². The van der Waals surface area contributed by atoms with Crippen molar-refractivity contribution in [2.45, 2.75) is 25.7 Å². The Kier molecular flexibility index (Phi) is 4.89. The van der Waals surface area contributed by atoms with E-state index in [1.165, 1.54) is 0 Å². The fourth-order valence-electron chi connectivity index (χ4n) is 3.35. The maximum absolute atomic E-state index is 12.2. The van der Waals surface area contributed by atoms with E-state index in [0.717, 1.165) is 18.7 Å². The number of hydrogen-bond acceptors (Lipinski definition) is 4. The topological polar surface area (TPSA) is 95.2 Å². The average molecular weight is 376 g/mol. The molecule has 7 nitrogen and oxygen atoms in total. The molecule has 0 unspecified atom stereocenters. The number of hydrogen-bond donors (Lipinski definition) is 2. The van der Waals surface area contributed by atoms with Crippen LogP contribution in [0.3, 0.4) is 0 Å². The zero-order valence-corrected chi connectivity index (χ0v) is 15.3. The van der Waals surface area contributed by atoms with Gasteiger partial charge < -0.3 is 15.2 Å². The van der Waals surface area contributed by atoms with E-state index in [-0.39, 0.29) is 23.8 Å². The van der Waals surface area contributed by atoms with Gasteiger partial charge in [-0.15, -0.1) is 0 Å². The summed E-state index contributed by atoms with van der Waals surface area (Å²) in [6, 6.07) is 14.4. The van der Waals surface area contributed by atoms with Crippen LogP contribution in [0.5, 0.6) is 0 Å². The van der Waals surface area contributed by atoms with Gasteiger partial charge in [0.2, 0.25) is 11.8 Å². The molecule has 1 aliphatic rings. The first-order valence-electron chi connectivity index (χ1n) is 9.28. The zero-order valence-electron chi connectivity index (χ0n) is 15.3. The van der Waals surface area contributed by atoms with Crippen LogP contribution in [0, 0.1) is 0 Å². The molecule has 0 aliphatic carbocycles. The molecule has 0 bridgehead atoms. The summed E-state index contributed by atoms with van der Waals surface area (Å²) in [5.41, 5.74) is 1.93. The van der Waals surface area contributed by atoms with E-state index in [1.54, 1.807) is 35.2 Å². The van der Waals surface area contributed by atoms with Crippen molar-refractivity contribution < 1.29 is 9.59 Å². The van der Waals surface area contributed by atoms with Gasteiger partial charge in [-0.1, -0.05) is 12.1 Å². The lowest BCUT2D eigenvalue weighted by Gasteiger charge is -2.16. The molecule has 2 N–H and O–H groups in total. The fourth-order valence-corrected chi connectivity index (χ4v) is 3.35. The van der Waals surface area contributed by atoms with Gasteiger partial charge in [0.1, 0.15) is 5.82 Å². The van der Waals surface area contributed by atoms with Crippen molar-refractivity contribution in [3.63, 3.8) is 0 Å². The molecule has 142 valence electrons. The molecule has 1 aromatic heterocycles. The number of anilines is 2. The summed E-state index contributed by atoms with van der Waals surface area (Å²) in [4.78, 5) is 45.0. The van der Waals surface area contributed by atoms with Crippen LogP contribution in [-0.2, 0) is 16.0 Å². The van der Waals surface area contributed by atoms with Gasteiger partial charge in [0.25, 0.3) is 5.56 Å². The molecule has 2 aromatic carbocycles. The van der Waals surface area contributed by atoms with Crippen LogP contribution in [0.1, 0.15) is 25.1 Å². The maximum Gasteiger partial charge on any atom is 0.258 e. The normalized spacial score (nSPS) is 13.9. The highest BCUT2D eigenvalue weighted by atomic mass is 16.2. The number of amides is 2. The van der Waals surface area contributed by atoms with Gasteiger partial charge in [0.05, 0.1) is 10.9 Å². The lowest BCUT2D eigenvalue weighted by atomic mass is 10.2. The lowest BCUT2D eigenvalue weighted by molar-refractivity contribution is -0.117. The van der Waals surface area contributed by atoms with Crippen molar-refractivity contribution in [1.82, 2.24) is 9.97 Å². The van der Waals surface area contributed by atoms with E-state index < -0.39 is 0 Å². The summed E-state index contributed by atoms with van der Waals surface area (Å²) in [6.07, 6.45) is 2.01. The Hall–Kier alpha value is -3.48. The molecule has 3 aromatic rings. The highest BCUT2D eigenvalue weighted by Gasteiger charge is 2.21. The van der Waals surface area contributed by atoms with Crippen LogP contribution in [0.4, 0.5) is 11.4 Å². The third kappa shape index (κ3) is 3.78. The molecule has 0 spiro atoms. The predicted octanol–water partition coefficient (Wildman–Crippen LogP) is 2.62. The van der Waals surface area contributed by atoms with Gasteiger partial charge >= 0.3 is 0 Å². The molecule has 1 fully saturated rings. The van der Waals surface area contributed by atoms with Crippen molar-refractivity contribution in [2.24, 2.45) is 0 Å². The third-order valence-corrected chi connectivity index (χ3v) is 4.79. The Morgan fingerprint density at radius 3 is 2.64 bits per heavy atom. The quantitative estimate of drug-likeness (QED) is 0.716. The maximum atomic E-state index is 12.2. The van der Waals surface area contributed by atoms with E-state index >= 15 is 0 Å². The molecule has 0 saturated carbocycles. The van der Waals surface area contributed by atoms with Crippen molar-refractivity contribution >= 4 is 34.1 Å². The molecule has 0 atom stereocenters. The fraction of sp³-hybridized carbons (Fsp3) is 0.238. The number of fused-ring (bicyclic) bond motifs is 1. The first-order chi connectivity index (χ1) is 13.6. The number of rotatable bonds is 5. The summed E-state index contributed by atoms with van der Waals surface area (Å²) >= 11 is 0. The Balaban J connectivity index is 1.37. The zero-order chi connectivity index (χ0) is 19.5. The average Bonchev–Trinajstić information content (AvgIpc) is 3.13. The minimum atomic E-state index is -0.201. The number of aromatic nitrogens is 2. The van der Waals surface area contributed by atoms with E-state index in [9.17, 15) is 14.4 Å². The Morgan fingerprint density at radius 1 is 1.11 bits per heavy atom. The monoisotopic (exact) mass is 376 g/mol.